The number of benzene rings is 1. The highest BCUT2D eigenvalue weighted by Gasteiger charge is 2.23. The third-order valence-electron chi connectivity index (χ3n) is 2.81. The maximum Gasteiger partial charge on any atom is 0.239 e. The zero-order valence-corrected chi connectivity index (χ0v) is 13.1. The topological polar surface area (TPSA) is 82.8 Å². The molecule has 0 bridgehead atoms. The molecule has 0 fully saturated rings. The normalized spacial score (nSPS) is 11.2. The van der Waals surface area contributed by atoms with Gasteiger partial charge in [-0.2, -0.15) is 0 Å². The standard InChI is InChI=1S/C15H16O6S/c1-3-19-13-7-6-12(9-14(13)20-4-2)22(17,18)15-8-5-11(10-16)21-15/h5-10H,3-4H2,1-2H3. The number of rotatable bonds is 7. The van der Waals surface area contributed by atoms with Gasteiger partial charge in [-0.3, -0.25) is 4.79 Å². The number of carbonyl (C=O) groups excluding carboxylic acids is 1. The number of ether oxygens (including phenoxy) is 2. The first-order valence-corrected chi connectivity index (χ1v) is 8.21. The van der Waals surface area contributed by atoms with Crippen molar-refractivity contribution in [3.05, 3.63) is 36.1 Å². The summed E-state index contributed by atoms with van der Waals surface area (Å²) in [5.74, 6) is 0.762. The summed E-state index contributed by atoms with van der Waals surface area (Å²) < 4.78 is 40.8. The summed E-state index contributed by atoms with van der Waals surface area (Å²) in [5.41, 5.74) is 0. The molecule has 0 saturated heterocycles. The Bertz CT molecular complexity index is 760. The molecule has 1 aromatic heterocycles. The van der Waals surface area contributed by atoms with Crippen molar-refractivity contribution in [2.75, 3.05) is 13.2 Å². The van der Waals surface area contributed by atoms with Crippen molar-refractivity contribution in [3.63, 3.8) is 0 Å². The summed E-state index contributed by atoms with van der Waals surface area (Å²) in [4.78, 5) is 10.6. The van der Waals surface area contributed by atoms with Crippen molar-refractivity contribution in [1.82, 2.24) is 0 Å². The fourth-order valence-electron chi connectivity index (χ4n) is 1.86. The molecule has 0 amide bonds. The molecule has 2 rings (SSSR count). The summed E-state index contributed by atoms with van der Waals surface area (Å²) >= 11 is 0. The van der Waals surface area contributed by atoms with E-state index in [1.807, 2.05) is 6.92 Å². The van der Waals surface area contributed by atoms with E-state index in [2.05, 4.69) is 0 Å². The SMILES string of the molecule is CCOc1ccc(S(=O)(=O)c2ccc(C=O)o2)cc1OCC. The third kappa shape index (κ3) is 3.14. The molecule has 0 aliphatic heterocycles. The average molecular weight is 324 g/mol. The van der Waals surface area contributed by atoms with Crippen LogP contribution >= 0.6 is 0 Å². The molecule has 0 spiro atoms. The highest BCUT2D eigenvalue weighted by molar-refractivity contribution is 7.91. The Morgan fingerprint density at radius 1 is 1.05 bits per heavy atom. The van der Waals surface area contributed by atoms with E-state index in [9.17, 15) is 13.2 Å². The fourth-order valence-corrected chi connectivity index (χ4v) is 3.05. The zero-order chi connectivity index (χ0) is 16.2. The second kappa shape index (κ2) is 6.65. The van der Waals surface area contributed by atoms with Crippen LogP contribution in [0.5, 0.6) is 11.5 Å². The third-order valence-corrected chi connectivity index (χ3v) is 4.43. The van der Waals surface area contributed by atoms with Crippen LogP contribution < -0.4 is 9.47 Å². The Morgan fingerprint density at radius 2 is 1.73 bits per heavy atom. The summed E-state index contributed by atoms with van der Waals surface area (Å²) in [6.45, 7) is 4.43. The number of carbonyl (C=O) groups is 1. The molecular formula is C15H16O6S. The van der Waals surface area contributed by atoms with E-state index < -0.39 is 9.84 Å². The minimum Gasteiger partial charge on any atom is -0.490 e. The first kappa shape index (κ1) is 16.1. The van der Waals surface area contributed by atoms with E-state index in [0.717, 1.165) is 0 Å². The number of aldehydes is 1. The Hall–Kier alpha value is -2.28. The molecule has 0 aliphatic rings. The molecule has 7 heteroatoms. The molecule has 0 N–H and O–H groups in total. The average Bonchev–Trinajstić information content (AvgIpc) is 2.99. The Balaban J connectivity index is 2.46. The molecule has 22 heavy (non-hydrogen) atoms. The molecule has 1 heterocycles. The Morgan fingerprint density at radius 3 is 2.32 bits per heavy atom. The molecule has 0 unspecified atom stereocenters. The van der Waals surface area contributed by atoms with Crippen LogP contribution in [0.25, 0.3) is 0 Å². The van der Waals surface area contributed by atoms with Gasteiger partial charge in [0.15, 0.2) is 23.5 Å². The Kier molecular flexibility index (Phi) is 4.87. The monoisotopic (exact) mass is 324 g/mol. The summed E-state index contributed by atoms with van der Waals surface area (Å²) in [6.07, 6.45) is 0.447. The Labute approximate surface area is 128 Å². The van der Waals surface area contributed by atoms with Crippen LogP contribution in [0, 0.1) is 0 Å². The zero-order valence-electron chi connectivity index (χ0n) is 12.2. The van der Waals surface area contributed by atoms with Crippen molar-refractivity contribution in [2.24, 2.45) is 0 Å². The highest BCUT2D eigenvalue weighted by atomic mass is 32.2. The molecule has 0 radical (unpaired) electrons. The van der Waals surface area contributed by atoms with Crippen LogP contribution in [0.1, 0.15) is 24.4 Å². The van der Waals surface area contributed by atoms with E-state index in [-0.39, 0.29) is 15.7 Å². The maximum atomic E-state index is 12.5. The minimum absolute atomic E-state index is 0.00574. The smallest absolute Gasteiger partial charge is 0.239 e. The largest absolute Gasteiger partial charge is 0.490 e. The lowest BCUT2D eigenvalue weighted by atomic mass is 10.3. The molecule has 6 nitrogen and oxygen atoms in total. The second-order valence-electron chi connectivity index (χ2n) is 4.25. The number of furan rings is 1. The van der Waals surface area contributed by atoms with Crippen LogP contribution in [0.3, 0.4) is 0 Å². The predicted octanol–water partition coefficient (Wildman–Crippen LogP) is 2.72. The predicted molar refractivity (Wildman–Crippen MR) is 78.3 cm³/mol. The number of sulfone groups is 1. The fraction of sp³-hybridized carbons (Fsp3) is 0.267. The molecule has 2 aromatic rings. The van der Waals surface area contributed by atoms with Crippen molar-refractivity contribution in [1.29, 1.82) is 0 Å². The lowest BCUT2D eigenvalue weighted by molar-refractivity contribution is 0.109. The van der Waals surface area contributed by atoms with Gasteiger partial charge in [0.1, 0.15) is 0 Å². The molecule has 1 aromatic carbocycles. The van der Waals surface area contributed by atoms with Gasteiger partial charge < -0.3 is 13.9 Å². The molecule has 118 valence electrons. The summed E-state index contributed by atoms with van der Waals surface area (Å²) in [7, 11) is -3.86. The number of hydrogen-bond acceptors (Lipinski definition) is 6. The van der Waals surface area contributed by atoms with Gasteiger partial charge in [0.2, 0.25) is 14.9 Å². The van der Waals surface area contributed by atoms with Crippen LogP contribution in [0.4, 0.5) is 0 Å². The first-order valence-electron chi connectivity index (χ1n) is 6.72. The van der Waals surface area contributed by atoms with Crippen LogP contribution in [-0.2, 0) is 9.84 Å². The maximum absolute atomic E-state index is 12.5. The minimum atomic E-state index is -3.86. The van der Waals surface area contributed by atoms with E-state index >= 15 is 0 Å². The number of hydrogen-bond donors (Lipinski definition) is 0. The van der Waals surface area contributed by atoms with Gasteiger partial charge in [0, 0.05) is 6.07 Å². The lowest BCUT2D eigenvalue weighted by Gasteiger charge is -2.12. The molecular weight excluding hydrogens is 308 g/mol. The van der Waals surface area contributed by atoms with Crippen molar-refractivity contribution in [3.8, 4) is 11.5 Å². The van der Waals surface area contributed by atoms with Gasteiger partial charge >= 0.3 is 0 Å². The lowest BCUT2D eigenvalue weighted by Crippen LogP contribution is -2.03. The van der Waals surface area contributed by atoms with Crippen LogP contribution in [0.2, 0.25) is 0 Å². The summed E-state index contributed by atoms with van der Waals surface area (Å²) in [5, 5.41) is -0.291. The van der Waals surface area contributed by atoms with Crippen molar-refractivity contribution >= 4 is 16.1 Å². The van der Waals surface area contributed by atoms with Gasteiger partial charge in [0.25, 0.3) is 0 Å². The van der Waals surface area contributed by atoms with Gasteiger partial charge in [0.05, 0.1) is 18.1 Å². The van der Waals surface area contributed by atoms with E-state index in [4.69, 9.17) is 13.9 Å². The van der Waals surface area contributed by atoms with Crippen LogP contribution in [0.15, 0.2) is 44.7 Å². The highest BCUT2D eigenvalue weighted by Crippen LogP contribution is 2.32. The first-order chi connectivity index (χ1) is 10.5. The van der Waals surface area contributed by atoms with Gasteiger partial charge in [-0.05, 0) is 38.1 Å². The molecule has 0 atom stereocenters. The van der Waals surface area contributed by atoms with E-state index in [1.54, 1.807) is 6.92 Å². The quantitative estimate of drug-likeness (QED) is 0.728. The van der Waals surface area contributed by atoms with Gasteiger partial charge in [-0.15, -0.1) is 0 Å². The molecule has 0 aliphatic carbocycles. The van der Waals surface area contributed by atoms with E-state index in [1.165, 1.54) is 30.3 Å². The van der Waals surface area contributed by atoms with Gasteiger partial charge in [-0.1, -0.05) is 0 Å². The van der Waals surface area contributed by atoms with Crippen LogP contribution in [-0.4, -0.2) is 27.9 Å². The van der Waals surface area contributed by atoms with Gasteiger partial charge in [-0.25, -0.2) is 8.42 Å². The van der Waals surface area contributed by atoms with E-state index in [0.29, 0.717) is 31.0 Å². The summed E-state index contributed by atoms with van der Waals surface area (Å²) in [6, 6.07) is 6.87. The molecule has 0 saturated carbocycles. The van der Waals surface area contributed by atoms with Crippen molar-refractivity contribution < 1.29 is 27.1 Å². The van der Waals surface area contributed by atoms with Crippen molar-refractivity contribution in [2.45, 2.75) is 23.8 Å². The second-order valence-corrected chi connectivity index (χ2v) is 6.13.